The van der Waals surface area contributed by atoms with Gasteiger partial charge in [-0.2, -0.15) is 0 Å². The number of carboxylic acid groups (broad SMARTS) is 1. The Morgan fingerprint density at radius 2 is 2.10 bits per heavy atom. The maximum absolute atomic E-state index is 11.1. The van der Waals surface area contributed by atoms with Crippen molar-refractivity contribution in [3.8, 4) is 5.75 Å². The van der Waals surface area contributed by atoms with Crippen molar-refractivity contribution in [2.24, 2.45) is 0 Å². The number of aliphatic carboxylic acids is 1. The van der Waals surface area contributed by atoms with Gasteiger partial charge in [0.2, 0.25) is 0 Å². The molecule has 5 nitrogen and oxygen atoms in total. The predicted molar refractivity (Wildman–Crippen MR) is 77.3 cm³/mol. The minimum absolute atomic E-state index is 0.0615. The first kappa shape index (κ1) is 15.1. The summed E-state index contributed by atoms with van der Waals surface area (Å²) in [6, 6.07) is 4.75. The number of hydrogen-bond acceptors (Lipinski definition) is 4. The fourth-order valence-corrected chi connectivity index (χ4v) is 2.75. The van der Waals surface area contributed by atoms with Crippen molar-refractivity contribution in [1.82, 2.24) is 10.2 Å². The summed E-state index contributed by atoms with van der Waals surface area (Å²) in [5.41, 5.74) is 0.697. The van der Waals surface area contributed by atoms with Gasteiger partial charge in [0, 0.05) is 37.2 Å². The number of nitrogens with one attached hydrogen (secondary N) is 1. The van der Waals surface area contributed by atoms with E-state index in [4.69, 9.17) is 16.7 Å². The summed E-state index contributed by atoms with van der Waals surface area (Å²) in [6.45, 7) is 3.36. The molecule has 0 saturated carbocycles. The van der Waals surface area contributed by atoms with E-state index in [1.54, 1.807) is 18.2 Å². The monoisotopic (exact) mass is 298 g/mol. The van der Waals surface area contributed by atoms with Crippen LogP contribution in [0.15, 0.2) is 18.2 Å². The van der Waals surface area contributed by atoms with Crippen LogP contribution in [0.5, 0.6) is 5.75 Å². The molecule has 2 rings (SSSR count). The maximum atomic E-state index is 11.1. The number of rotatable bonds is 5. The zero-order valence-corrected chi connectivity index (χ0v) is 11.9. The van der Waals surface area contributed by atoms with Crippen molar-refractivity contribution >= 4 is 17.6 Å². The van der Waals surface area contributed by atoms with Crippen molar-refractivity contribution in [2.45, 2.75) is 18.9 Å². The molecule has 1 unspecified atom stereocenters. The third kappa shape index (κ3) is 4.10. The summed E-state index contributed by atoms with van der Waals surface area (Å²) in [5, 5.41) is 22.8. The Morgan fingerprint density at radius 3 is 2.75 bits per heavy atom. The highest BCUT2D eigenvalue weighted by molar-refractivity contribution is 6.30. The summed E-state index contributed by atoms with van der Waals surface area (Å²) in [7, 11) is 0. The predicted octanol–water partition coefficient (Wildman–Crippen LogP) is 1.34. The molecule has 0 radical (unpaired) electrons. The molecule has 0 aromatic heterocycles. The van der Waals surface area contributed by atoms with Crippen LogP contribution >= 0.6 is 11.6 Å². The van der Waals surface area contributed by atoms with E-state index in [0.717, 1.165) is 26.2 Å². The van der Waals surface area contributed by atoms with E-state index >= 15 is 0 Å². The van der Waals surface area contributed by atoms with Gasteiger partial charge in [-0.3, -0.25) is 9.69 Å². The minimum atomic E-state index is -0.824. The molecule has 1 aromatic rings. The van der Waals surface area contributed by atoms with E-state index in [-0.39, 0.29) is 18.2 Å². The van der Waals surface area contributed by atoms with Crippen LogP contribution in [0.1, 0.15) is 12.0 Å². The second-order valence-electron chi connectivity index (χ2n) is 5.01. The molecule has 1 aromatic carbocycles. The first-order valence-electron chi connectivity index (χ1n) is 6.70. The molecular weight excluding hydrogens is 280 g/mol. The van der Waals surface area contributed by atoms with Gasteiger partial charge < -0.3 is 15.5 Å². The average molecular weight is 299 g/mol. The summed E-state index contributed by atoms with van der Waals surface area (Å²) < 4.78 is 0. The highest BCUT2D eigenvalue weighted by Gasteiger charge is 2.24. The number of nitrogens with zero attached hydrogens (tertiary/aromatic N) is 1. The molecule has 1 aliphatic heterocycles. The van der Waals surface area contributed by atoms with Gasteiger partial charge in [-0.15, -0.1) is 0 Å². The van der Waals surface area contributed by atoms with Crippen molar-refractivity contribution in [1.29, 1.82) is 0 Å². The normalized spacial score (nSPS) is 17.9. The fraction of sp³-hybridized carbons (Fsp3) is 0.500. The lowest BCUT2D eigenvalue weighted by Crippen LogP contribution is -2.49. The average Bonchev–Trinajstić information content (AvgIpc) is 2.42. The van der Waals surface area contributed by atoms with Crippen molar-refractivity contribution in [3.05, 3.63) is 28.8 Å². The lowest BCUT2D eigenvalue weighted by molar-refractivity contribution is -0.138. The number of hydrogen-bond donors (Lipinski definition) is 3. The molecular formula is C14H19ClN2O3. The number of halogens is 1. The van der Waals surface area contributed by atoms with Gasteiger partial charge in [0.25, 0.3) is 0 Å². The van der Waals surface area contributed by atoms with Gasteiger partial charge >= 0.3 is 5.97 Å². The summed E-state index contributed by atoms with van der Waals surface area (Å²) in [6.07, 6.45) is 0.546. The highest BCUT2D eigenvalue weighted by Crippen LogP contribution is 2.25. The van der Waals surface area contributed by atoms with Gasteiger partial charge in [0.15, 0.2) is 0 Å². The third-order valence-electron chi connectivity index (χ3n) is 3.58. The second-order valence-corrected chi connectivity index (χ2v) is 5.45. The van der Waals surface area contributed by atoms with Gasteiger partial charge in [0.05, 0.1) is 6.42 Å². The molecule has 0 bridgehead atoms. The Kier molecular flexibility index (Phi) is 5.23. The van der Waals surface area contributed by atoms with Crippen LogP contribution in [0.3, 0.4) is 0 Å². The van der Waals surface area contributed by atoms with Crippen LogP contribution in [0.4, 0.5) is 0 Å². The number of carbonyl (C=O) groups is 1. The van der Waals surface area contributed by atoms with E-state index in [9.17, 15) is 9.90 Å². The largest absolute Gasteiger partial charge is 0.508 e. The maximum Gasteiger partial charge on any atom is 0.304 e. The van der Waals surface area contributed by atoms with Gasteiger partial charge in [0.1, 0.15) is 5.75 Å². The van der Waals surface area contributed by atoms with Gasteiger partial charge in [-0.25, -0.2) is 0 Å². The molecule has 0 spiro atoms. The first-order valence-corrected chi connectivity index (χ1v) is 7.08. The van der Waals surface area contributed by atoms with Gasteiger partial charge in [-0.05, 0) is 30.2 Å². The molecule has 20 heavy (non-hydrogen) atoms. The molecule has 1 aliphatic rings. The number of phenols is 1. The van der Waals surface area contributed by atoms with E-state index in [2.05, 4.69) is 10.2 Å². The zero-order valence-electron chi connectivity index (χ0n) is 11.2. The lowest BCUT2D eigenvalue weighted by Gasteiger charge is -2.34. The summed E-state index contributed by atoms with van der Waals surface area (Å²) in [5.74, 6) is -0.657. The molecule has 110 valence electrons. The molecule has 3 N–H and O–H groups in total. The Morgan fingerprint density at radius 1 is 1.40 bits per heavy atom. The first-order chi connectivity index (χ1) is 9.56. The second kappa shape index (κ2) is 6.92. The van der Waals surface area contributed by atoms with Crippen molar-refractivity contribution in [2.75, 3.05) is 26.2 Å². The molecule has 0 amide bonds. The van der Waals surface area contributed by atoms with Crippen LogP contribution in [0.25, 0.3) is 0 Å². The molecule has 1 fully saturated rings. The zero-order chi connectivity index (χ0) is 14.5. The van der Waals surface area contributed by atoms with Crippen LogP contribution in [0, 0.1) is 0 Å². The summed E-state index contributed by atoms with van der Waals surface area (Å²) in [4.78, 5) is 13.2. The number of phenolic OH excluding ortho intramolecular Hbond substituents is 1. The SMILES string of the molecule is O=C(O)CC(Cc1cc(Cl)ccc1O)N1CCNCC1. The smallest absolute Gasteiger partial charge is 0.304 e. The molecule has 1 saturated heterocycles. The van der Waals surface area contributed by atoms with E-state index in [0.29, 0.717) is 17.0 Å². The van der Waals surface area contributed by atoms with Crippen molar-refractivity contribution in [3.63, 3.8) is 0 Å². The Balaban J connectivity index is 2.13. The van der Waals surface area contributed by atoms with Gasteiger partial charge in [-0.1, -0.05) is 11.6 Å². The van der Waals surface area contributed by atoms with Crippen LogP contribution < -0.4 is 5.32 Å². The standard InChI is InChI=1S/C14H19ClN2O3/c15-11-1-2-13(18)10(7-11)8-12(9-14(19)20)17-5-3-16-4-6-17/h1-2,7,12,16,18H,3-6,8-9H2,(H,19,20). The van der Waals surface area contributed by atoms with Crippen LogP contribution in [0.2, 0.25) is 5.02 Å². The number of benzene rings is 1. The molecule has 0 aliphatic carbocycles. The fourth-order valence-electron chi connectivity index (χ4n) is 2.55. The topological polar surface area (TPSA) is 72.8 Å². The molecule has 1 heterocycles. The lowest BCUT2D eigenvalue weighted by atomic mass is 10.0. The molecule has 1 atom stereocenters. The Bertz CT molecular complexity index is 475. The van der Waals surface area contributed by atoms with Crippen molar-refractivity contribution < 1.29 is 15.0 Å². The van der Waals surface area contributed by atoms with E-state index in [1.807, 2.05) is 0 Å². The molecule has 6 heteroatoms. The third-order valence-corrected chi connectivity index (χ3v) is 3.81. The highest BCUT2D eigenvalue weighted by atomic mass is 35.5. The van der Waals surface area contributed by atoms with Crippen LogP contribution in [-0.4, -0.2) is 53.3 Å². The number of piperazine rings is 1. The Hall–Kier alpha value is -1.30. The summed E-state index contributed by atoms with van der Waals surface area (Å²) >= 11 is 5.94. The Labute approximate surface area is 123 Å². The quantitative estimate of drug-likeness (QED) is 0.765. The number of aromatic hydroxyl groups is 1. The van der Waals surface area contributed by atoms with E-state index < -0.39 is 5.97 Å². The number of carboxylic acids is 1. The van der Waals surface area contributed by atoms with E-state index in [1.165, 1.54) is 0 Å². The van der Waals surface area contributed by atoms with Crippen LogP contribution in [-0.2, 0) is 11.2 Å². The minimum Gasteiger partial charge on any atom is -0.508 e.